The number of likely N-dealkylation sites (tertiary alicyclic amines) is 1. The van der Waals surface area contributed by atoms with Crippen LogP contribution in [0.1, 0.15) is 24.4 Å². The highest BCUT2D eigenvalue weighted by Crippen LogP contribution is 2.36. The molecule has 27 heavy (non-hydrogen) atoms. The van der Waals surface area contributed by atoms with Crippen molar-refractivity contribution < 1.29 is 4.79 Å². The van der Waals surface area contributed by atoms with Crippen molar-refractivity contribution in [3.05, 3.63) is 76.3 Å². The SMILES string of the molecule is O=C(CN1CCCC1c1cccc2ccccc12)Nc1c(Cl)cccc1Cl. The van der Waals surface area contributed by atoms with Gasteiger partial charge in [-0.25, -0.2) is 0 Å². The van der Waals surface area contributed by atoms with Crippen LogP contribution < -0.4 is 5.32 Å². The lowest BCUT2D eigenvalue weighted by Crippen LogP contribution is -2.33. The minimum atomic E-state index is -0.0999. The van der Waals surface area contributed by atoms with Gasteiger partial charge in [-0.05, 0) is 47.9 Å². The predicted molar refractivity (Wildman–Crippen MR) is 113 cm³/mol. The Balaban J connectivity index is 1.54. The number of nitrogens with one attached hydrogen (secondary N) is 1. The minimum Gasteiger partial charge on any atom is -0.322 e. The zero-order valence-electron chi connectivity index (χ0n) is 14.8. The molecule has 3 aromatic carbocycles. The van der Waals surface area contributed by atoms with E-state index >= 15 is 0 Å². The van der Waals surface area contributed by atoms with Gasteiger partial charge in [0.25, 0.3) is 0 Å². The average molecular weight is 399 g/mol. The molecule has 1 unspecified atom stereocenters. The highest BCUT2D eigenvalue weighted by atomic mass is 35.5. The van der Waals surface area contributed by atoms with E-state index in [2.05, 4.69) is 52.7 Å². The molecule has 0 aromatic heterocycles. The summed E-state index contributed by atoms with van der Waals surface area (Å²) < 4.78 is 0. The number of anilines is 1. The van der Waals surface area contributed by atoms with Crippen molar-refractivity contribution in [2.75, 3.05) is 18.4 Å². The van der Waals surface area contributed by atoms with E-state index < -0.39 is 0 Å². The number of halogens is 2. The van der Waals surface area contributed by atoms with Crippen molar-refractivity contribution in [2.45, 2.75) is 18.9 Å². The Morgan fingerprint density at radius 1 is 1.00 bits per heavy atom. The van der Waals surface area contributed by atoms with Gasteiger partial charge in [-0.1, -0.05) is 71.7 Å². The fourth-order valence-electron chi connectivity index (χ4n) is 3.89. The van der Waals surface area contributed by atoms with Gasteiger partial charge in [0.15, 0.2) is 0 Å². The molecular weight excluding hydrogens is 379 g/mol. The van der Waals surface area contributed by atoms with Gasteiger partial charge in [0, 0.05) is 6.04 Å². The second kappa shape index (κ2) is 7.89. The Morgan fingerprint density at radius 3 is 2.52 bits per heavy atom. The van der Waals surface area contributed by atoms with Crippen LogP contribution in [0, 0.1) is 0 Å². The van der Waals surface area contributed by atoms with Gasteiger partial charge in [-0.2, -0.15) is 0 Å². The van der Waals surface area contributed by atoms with Crippen molar-refractivity contribution in [1.29, 1.82) is 0 Å². The first kappa shape index (κ1) is 18.3. The van der Waals surface area contributed by atoms with Crippen LogP contribution in [-0.2, 0) is 4.79 Å². The molecule has 138 valence electrons. The molecular formula is C22H20Cl2N2O. The van der Waals surface area contributed by atoms with E-state index in [4.69, 9.17) is 23.2 Å². The van der Waals surface area contributed by atoms with Crippen LogP contribution in [0.3, 0.4) is 0 Å². The lowest BCUT2D eigenvalue weighted by Gasteiger charge is -2.25. The zero-order chi connectivity index (χ0) is 18.8. The first-order chi connectivity index (χ1) is 13.1. The maximum Gasteiger partial charge on any atom is 0.238 e. The number of amides is 1. The number of rotatable bonds is 4. The van der Waals surface area contributed by atoms with Gasteiger partial charge in [-0.3, -0.25) is 9.69 Å². The molecule has 3 nitrogen and oxygen atoms in total. The van der Waals surface area contributed by atoms with E-state index in [-0.39, 0.29) is 11.9 Å². The molecule has 1 amide bonds. The molecule has 1 heterocycles. The van der Waals surface area contributed by atoms with Crippen LogP contribution in [0.25, 0.3) is 10.8 Å². The van der Waals surface area contributed by atoms with E-state index in [0.717, 1.165) is 19.4 Å². The summed E-state index contributed by atoms with van der Waals surface area (Å²) in [6.07, 6.45) is 2.13. The number of carbonyl (C=O) groups is 1. The highest BCUT2D eigenvalue weighted by molar-refractivity contribution is 6.39. The second-order valence-corrected chi connectivity index (χ2v) is 7.66. The smallest absolute Gasteiger partial charge is 0.238 e. The third-order valence-corrected chi connectivity index (χ3v) is 5.75. The molecule has 0 radical (unpaired) electrons. The van der Waals surface area contributed by atoms with E-state index in [1.54, 1.807) is 18.2 Å². The van der Waals surface area contributed by atoms with Crippen molar-refractivity contribution in [1.82, 2.24) is 4.90 Å². The number of para-hydroxylation sites is 1. The third-order valence-electron chi connectivity index (χ3n) is 5.12. The molecule has 3 aromatic rings. The molecule has 5 heteroatoms. The Kier molecular flexibility index (Phi) is 5.35. The van der Waals surface area contributed by atoms with Crippen molar-refractivity contribution >= 4 is 45.6 Å². The minimum absolute atomic E-state index is 0.0999. The predicted octanol–water partition coefficient (Wildman–Crippen LogP) is 5.92. The number of hydrogen-bond acceptors (Lipinski definition) is 2. The normalized spacial score (nSPS) is 17.3. The molecule has 1 aliphatic rings. The number of carbonyl (C=O) groups excluding carboxylic acids is 1. The summed E-state index contributed by atoms with van der Waals surface area (Å²) in [5, 5.41) is 6.25. The molecule has 1 atom stereocenters. The van der Waals surface area contributed by atoms with E-state index in [1.165, 1.54) is 16.3 Å². The topological polar surface area (TPSA) is 32.3 Å². The van der Waals surface area contributed by atoms with Gasteiger partial charge in [-0.15, -0.1) is 0 Å². The fraction of sp³-hybridized carbons (Fsp3) is 0.227. The average Bonchev–Trinajstić information content (AvgIpc) is 3.12. The number of hydrogen-bond donors (Lipinski definition) is 1. The summed E-state index contributed by atoms with van der Waals surface area (Å²) in [5.41, 5.74) is 1.76. The van der Waals surface area contributed by atoms with Gasteiger partial charge >= 0.3 is 0 Å². The quantitative estimate of drug-likeness (QED) is 0.591. The van der Waals surface area contributed by atoms with Gasteiger partial charge in [0.05, 0.1) is 22.3 Å². The Bertz CT molecular complexity index is 963. The third kappa shape index (κ3) is 3.81. The molecule has 0 spiro atoms. The molecule has 0 saturated carbocycles. The number of benzene rings is 3. The summed E-state index contributed by atoms with van der Waals surface area (Å²) in [7, 11) is 0. The van der Waals surface area contributed by atoms with Crippen molar-refractivity contribution in [2.24, 2.45) is 0 Å². The summed E-state index contributed by atoms with van der Waals surface area (Å²) in [5.74, 6) is -0.0999. The van der Waals surface area contributed by atoms with Crippen LogP contribution in [-0.4, -0.2) is 23.9 Å². The zero-order valence-corrected chi connectivity index (χ0v) is 16.3. The van der Waals surface area contributed by atoms with Crippen LogP contribution in [0.15, 0.2) is 60.7 Å². The lowest BCUT2D eigenvalue weighted by atomic mass is 9.97. The summed E-state index contributed by atoms with van der Waals surface area (Å²) in [6.45, 7) is 1.22. The van der Waals surface area contributed by atoms with E-state index in [0.29, 0.717) is 22.3 Å². The summed E-state index contributed by atoms with van der Waals surface area (Å²) in [4.78, 5) is 14.9. The summed E-state index contributed by atoms with van der Waals surface area (Å²) in [6, 6.07) is 20.2. The lowest BCUT2D eigenvalue weighted by molar-refractivity contribution is -0.117. The Hall–Kier alpha value is -2.07. The van der Waals surface area contributed by atoms with Gasteiger partial charge < -0.3 is 5.32 Å². The van der Waals surface area contributed by atoms with E-state index in [9.17, 15) is 4.79 Å². The molecule has 0 aliphatic carbocycles. The fourth-order valence-corrected chi connectivity index (χ4v) is 4.38. The maximum atomic E-state index is 12.6. The Labute approximate surface area is 168 Å². The largest absolute Gasteiger partial charge is 0.322 e. The molecule has 1 N–H and O–H groups in total. The monoisotopic (exact) mass is 398 g/mol. The number of nitrogens with zero attached hydrogens (tertiary/aromatic N) is 1. The first-order valence-electron chi connectivity index (χ1n) is 9.09. The maximum absolute atomic E-state index is 12.6. The van der Waals surface area contributed by atoms with Crippen LogP contribution >= 0.6 is 23.2 Å². The van der Waals surface area contributed by atoms with Crippen LogP contribution in [0.2, 0.25) is 10.0 Å². The molecule has 1 aliphatic heterocycles. The van der Waals surface area contributed by atoms with Gasteiger partial charge in [0.1, 0.15) is 0 Å². The number of fused-ring (bicyclic) bond motifs is 1. The Morgan fingerprint density at radius 2 is 1.70 bits per heavy atom. The summed E-state index contributed by atoms with van der Waals surface area (Å²) >= 11 is 12.3. The van der Waals surface area contributed by atoms with Crippen LogP contribution in [0.5, 0.6) is 0 Å². The van der Waals surface area contributed by atoms with Crippen LogP contribution in [0.4, 0.5) is 5.69 Å². The molecule has 1 fully saturated rings. The molecule has 4 rings (SSSR count). The standard InChI is InChI=1S/C22H20Cl2N2O/c23-18-10-4-11-19(24)22(18)25-21(27)14-26-13-5-12-20(26)17-9-3-7-15-6-1-2-8-16(15)17/h1-4,6-11,20H,5,12-14H2,(H,25,27). The highest BCUT2D eigenvalue weighted by Gasteiger charge is 2.28. The second-order valence-electron chi connectivity index (χ2n) is 6.84. The van der Waals surface area contributed by atoms with E-state index in [1.807, 2.05) is 0 Å². The van der Waals surface area contributed by atoms with Gasteiger partial charge in [0.2, 0.25) is 5.91 Å². The van der Waals surface area contributed by atoms with Crippen molar-refractivity contribution in [3.63, 3.8) is 0 Å². The first-order valence-corrected chi connectivity index (χ1v) is 9.84. The molecule has 1 saturated heterocycles. The molecule has 0 bridgehead atoms. The van der Waals surface area contributed by atoms with Crippen molar-refractivity contribution in [3.8, 4) is 0 Å².